The summed E-state index contributed by atoms with van der Waals surface area (Å²) in [5, 5.41) is 11.8. The summed E-state index contributed by atoms with van der Waals surface area (Å²) in [6.07, 6.45) is 1.92. The van der Waals surface area contributed by atoms with Crippen molar-refractivity contribution >= 4 is 44.6 Å². The van der Waals surface area contributed by atoms with Crippen LogP contribution in [0.15, 0.2) is 170 Å². The van der Waals surface area contributed by atoms with E-state index in [0.29, 0.717) is 12.2 Å². The first-order valence-electron chi connectivity index (χ1n) is 22.0. The van der Waals surface area contributed by atoms with Gasteiger partial charge < -0.3 is 14.5 Å². The van der Waals surface area contributed by atoms with Crippen LogP contribution >= 0.6 is 0 Å². The van der Waals surface area contributed by atoms with Gasteiger partial charge in [0.1, 0.15) is 24.0 Å². The van der Waals surface area contributed by atoms with E-state index in [0.717, 1.165) is 67.2 Å². The van der Waals surface area contributed by atoms with E-state index in [-0.39, 0.29) is 10.8 Å². The van der Waals surface area contributed by atoms with Crippen molar-refractivity contribution in [1.29, 1.82) is 5.26 Å². The van der Waals surface area contributed by atoms with Gasteiger partial charge in [0, 0.05) is 51.6 Å². The van der Waals surface area contributed by atoms with Crippen molar-refractivity contribution in [2.75, 3.05) is 16.5 Å². The number of para-hydroxylation sites is 2. The topological polar surface area (TPSA) is 57.3 Å². The second-order valence-corrected chi connectivity index (χ2v) is 19.0. The molecule has 7 aromatic carbocycles. The highest BCUT2D eigenvalue weighted by Gasteiger charge is 2.33. The molecule has 0 amide bonds. The van der Waals surface area contributed by atoms with Gasteiger partial charge in [-0.2, -0.15) is 5.26 Å². The molecule has 0 saturated heterocycles. The molecule has 1 aliphatic rings. The lowest BCUT2D eigenvalue weighted by Gasteiger charge is -2.30. The van der Waals surface area contributed by atoms with Crippen LogP contribution in [-0.4, -0.2) is 16.2 Å². The quantitative estimate of drug-likeness (QED) is 0.160. The van der Waals surface area contributed by atoms with Crippen molar-refractivity contribution in [3.8, 4) is 45.6 Å². The average molecular weight is 834 g/mol. The molecule has 0 spiro atoms. The van der Waals surface area contributed by atoms with Gasteiger partial charge in [0.15, 0.2) is 0 Å². The third kappa shape index (κ3) is 7.33. The smallest absolute Gasteiger partial charge is 0.137 e. The highest BCUT2D eigenvalue weighted by Crippen LogP contribution is 2.51. The third-order valence-corrected chi connectivity index (χ3v) is 12.5. The fourth-order valence-corrected chi connectivity index (χ4v) is 9.07. The molecule has 0 bridgehead atoms. The maximum absolute atomic E-state index is 9.53. The molecule has 3 heterocycles. The number of pyridine rings is 1. The van der Waals surface area contributed by atoms with Crippen LogP contribution in [0.4, 0.5) is 22.7 Å². The number of benzene rings is 7. The summed E-state index contributed by atoms with van der Waals surface area (Å²) in [5.74, 6) is 2.30. The Bertz CT molecular complexity index is 3260. The first-order valence-corrected chi connectivity index (χ1v) is 22.0. The largest absolute Gasteiger partial charge is 0.457 e. The molecule has 0 N–H and O–H groups in total. The van der Waals surface area contributed by atoms with Gasteiger partial charge in [-0.05, 0) is 112 Å². The van der Waals surface area contributed by atoms with Crippen molar-refractivity contribution in [2.45, 2.75) is 59.3 Å². The lowest BCUT2D eigenvalue weighted by Crippen LogP contribution is -2.25. The van der Waals surface area contributed by atoms with E-state index in [2.05, 4.69) is 202 Å². The molecule has 0 atom stereocenters. The van der Waals surface area contributed by atoms with E-state index in [9.17, 15) is 5.26 Å². The Morgan fingerprint density at radius 1 is 0.562 bits per heavy atom. The molecule has 2 aromatic heterocycles. The average Bonchev–Trinajstić information content (AvgIpc) is 3.85. The second-order valence-electron chi connectivity index (χ2n) is 19.0. The molecule has 0 aliphatic carbocycles. The summed E-state index contributed by atoms with van der Waals surface area (Å²) in [4.78, 5) is 9.92. The van der Waals surface area contributed by atoms with Crippen molar-refractivity contribution in [3.63, 3.8) is 0 Å². The minimum absolute atomic E-state index is 0.0211. The number of anilines is 4. The number of nitriles is 1. The molecule has 6 heteroatoms. The van der Waals surface area contributed by atoms with Crippen LogP contribution in [0.25, 0.3) is 49.9 Å². The zero-order valence-corrected chi connectivity index (χ0v) is 37.5. The Kier molecular flexibility index (Phi) is 9.88. The molecule has 0 unspecified atom stereocenters. The van der Waals surface area contributed by atoms with Crippen LogP contribution < -0.4 is 14.5 Å². The monoisotopic (exact) mass is 833 g/mol. The molecule has 6 nitrogen and oxygen atoms in total. The van der Waals surface area contributed by atoms with E-state index >= 15 is 0 Å². The van der Waals surface area contributed by atoms with Gasteiger partial charge in [-0.15, -0.1) is 0 Å². The Labute approximate surface area is 376 Å². The van der Waals surface area contributed by atoms with Crippen LogP contribution in [-0.2, 0) is 10.8 Å². The van der Waals surface area contributed by atoms with Gasteiger partial charge in [-0.25, -0.2) is 4.98 Å². The minimum Gasteiger partial charge on any atom is -0.457 e. The number of hydrogen-bond acceptors (Lipinski definition) is 5. The van der Waals surface area contributed by atoms with Gasteiger partial charge in [-0.3, -0.25) is 4.57 Å². The van der Waals surface area contributed by atoms with Crippen LogP contribution in [0, 0.1) is 18.3 Å². The Hall–Kier alpha value is -7.62. The second kappa shape index (κ2) is 15.6. The zero-order valence-electron chi connectivity index (χ0n) is 37.5. The van der Waals surface area contributed by atoms with Gasteiger partial charge in [0.25, 0.3) is 0 Å². The lowest BCUT2D eigenvalue weighted by molar-refractivity contribution is 0.483. The fourth-order valence-electron chi connectivity index (χ4n) is 9.07. The van der Waals surface area contributed by atoms with Crippen LogP contribution in [0.3, 0.4) is 0 Å². The SMILES string of the molecule is Cc1cc(-n2c3ccccc3c3ccc(Oc4cccc(N5CN(c6cc(C(C)(C)C)cc(C(C)(C)C)c6)c6c(-c7ccccc7)cccc65)c4)cc32)ncc1-c1cccc(C#N)c1. The predicted octanol–water partition coefficient (Wildman–Crippen LogP) is 15.3. The molecule has 1 aliphatic heterocycles. The Balaban J connectivity index is 1.04. The van der Waals surface area contributed by atoms with Crippen molar-refractivity contribution in [2.24, 2.45) is 0 Å². The molecular weight excluding hydrogens is 783 g/mol. The summed E-state index contributed by atoms with van der Waals surface area (Å²) in [6, 6.07) is 59.9. The maximum Gasteiger partial charge on any atom is 0.137 e. The van der Waals surface area contributed by atoms with Crippen molar-refractivity contribution in [1.82, 2.24) is 9.55 Å². The van der Waals surface area contributed by atoms with Gasteiger partial charge >= 0.3 is 0 Å². The summed E-state index contributed by atoms with van der Waals surface area (Å²) in [6.45, 7) is 16.5. The van der Waals surface area contributed by atoms with Gasteiger partial charge in [0.05, 0.1) is 34.0 Å². The Morgan fingerprint density at radius 2 is 1.25 bits per heavy atom. The maximum atomic E-state index is 9.53. The number of fused-ring (bicyclic) bond motifs is 4. The number of aryl methyl sites for hydroxylation is 1. The number of aromatic nitrogens is 2. The molecule has 314 valence electrons. The van der Waals surface area contributed by atoms with Crippen LogP contribution in [0.2, 0.25) is 0 Å². The van der Waals surface area contributed by atoms with Gasteiger partial charge in [-0.1, -0.05) is 126 Å². The number of ether oxygens (including phenoxy) is 1. The molecule has 0 radical (unpaired) electrons. The van der Waals surface area contributed by atoms with Crippen molar-refractivity contribution in [3.05, 3.63) is 192 Å². The van der Waals surface area contributed by atoms with Gasteiger partial charge in [0.2, 0.25) is 0 Å². The number of nitrogens with zero attached hydrogens (tertiary/aromatic N) is 5. The molecule has 10 rings (SSSR count). The minimum atomic E-state index is -0.0211. The molecular formula is C58H51N5O. The first-order chi connectivity index (χ1) is 30.8. The van der Waals surface area contributed by atoms with E-state index in [1.807, 2.05) is 36.5 Å². The highest BCUT2D eigenvalue weighted by molar-refractivity contribution is 6.09. The van der Waals surface area contributed by atoms with Crippen molar-refractivity contribution < 1.29 is 4.74 Å². The summed E-state index contributed by atoms with van der Waals surface area (Å²) >= 11 is 0. The van der Waals surface area contributed by atoms with E-state index in [1.54, 1.807) is 0 Å². The zero-order chi connectivity index (χ0) is 44.3. The third-order valence-electron chi connectivity index (χ3n) is 12.5. The lowest BCUT2D eigenvalue weighted by atomic mass is 9.80. The fraction of sp³-hybridized carbons (Fsp3) is 0.172. The predicted molar refractivity (Wildman–Crippen MR) is 265 cm³/mol. The van der Waals surface area contributed by atoms with E-state index < -0.39 is 0 Å². The molecule has 0 fully saturated rings. The summed E-state index contributed by atoms with van der Waals surface area (Å²) in [5.41, 5.74) is 15.3. The van der Waals surface area contributed by atoms with E-state index in [4.69, 9.17) is 9.72 Å². The highest BCUT2D eigenvalue weighted by atomic mass is 16.5. The van der Waals surface area contributed by atoms with Crippen LogP contribution in [0.5, 0.6) is 11.5 Å². The Morgan fingerprint density at radius 3 is 2.00 bits per heavy atom. The summed E-state index contributed by atoms with van der Waals surface area (Å²) in [7, 11) is 0. The first kappa shape index (κ1) is 40.5. The molecule has 64 heavy (non-hydrogen) atoms. The van der Waals surface area contributed by atoms with E-state index in [1.165, 1.54) is 33.6 Å². The molecule has 0 saturated carbocycles. The normalized spacial score (nSPS) is 12.8. The van der Waals surface area contributed by atoms with Crippen LogP contribution in [0.1, 0.15) is 63.8 Å². The summed E-state index contributed by atoms with van der Waals surface area (Å²) < 4.78 is 9.01. The number of rotatable bonds is 7. The molecule has 9 aromatic rings. The number of hydrogen-bond donors (Lipinski definition) is 0. The standard InChI is InChI=1S/C58H51N5O/c1-38-28-55(60-36-51(38)41-19-13-16-39(29-41)35-59)63-52-24-12-11-22-49(52)50-27-26-47(34-54(50)63)64-46-21-14-20-44(33-46)61-37-62(45-31-42(57(2,3)4)30-43(32-45)58(5,6)7)56-48(23-15-25-53(56)61)40-17-9-8-10-18-40/h8-34,36H,37H2,1-7H3.